The number of nitrogens with two attached hydrogens (primary N) is 1. The molecule has 2 saturated heterocycles. The molecule has 5 N–H and O–H groups in total. The van der Waals surface area contributed by atoms with Crippen molar-refractivity contribution in [3.05, 3.63) is 30.9 Å². The largest absolute Gasteiger partial charge is 0.368 e. The molecule has 3 heterocycles. The number of nitrogens with zero attached hydrogens (tertiary/aromatic N) is 2. The molecule has 0 aliphatic carbocycles. The Morgan fingerprint density at radius 1 is 1.47 bits per heavy atom. The first-order chi connectivity index (χ1) is 14.4. The van der Waals surface area contributed by atoms with E-state index in [1.165, 1.54) is 23.0 Å². The van der Waals surface area contributed by atoms with Gasteiger partial charge in [-0.15, -0.1) is 18.3 Å². The van der Waals surface area contributed by atoms with Gasteiger partial charge in [0.1, 0.15) is 18.1 Å². The van der Waals surface area contributed by atoms with Crippen molar-refractivity contribution >= 4 is 35.4 Å². The maximum atomic E-state index is 13.2. The molecule has 4 atom stereocenters. The van der Waals surface area contributed by atoms with Crippen molar-refractivity contribution in [1.82, 2.24) is 25.5 Å². The lowest BCUT2D eigenvalue weighted by molar-refractivity contribution is -0.141. The van der Waals surface area contributed by atoms with E-state index in [1.807, 2.05) is 0 Å². The number of allylic oxidation sites excluding steroid dienone is 1. The quantitative estimate of drug-likeness (QED) is 0.389. The van der Waals surface area contributed by atoms with E-state index in [9.17, 15) is 19.2 Å². The first kappa shape index (κ1) is 21.9. The van der Waals surface area contributed by atoms with Crippen LogP contribution in [0.5, 0.6) is 0 Å². The Labute approximate surface area is 178 Å². The third kappa shape index (κ3) is 5.02. The van der Waals surface area contributed by atoms with Gasteiger partial charge in [0.15, 0.2) is 0 Å². The molecule has 0 bridgehead atoms. The molecular formula is C19H26N6O4S. The van der Waals surface area contributed by atoms with Crippen LogP contribution < -0.4 is 16.4 Å². The Bertz CT molecular complexity index is 814. The Morgan fingerprint density at radius 3 is 2.90 bits per heavy atom. The Hall–Kier alpha value is -2.82. The summed E-state index contributed by atoms with van der Waals surface area (Å²) < 4.78 is 0. The van der Waals surface area contributed by atoms with Crippen molar-refractivity contribution in [2.75, 3.05) is 12.3 Å². The van der Waals surface area contributed by atoms with Crippen LogP contribution in [0.25, 0.3) is 0 Å². The van der Waals surface area contributed by atoms with Gasteiger partial charge in [-0.1, -0.05) is 6.08 Å². The first-order valence-corrected chi connectivity index (χ1v) is 10.9. The number of likely N-dealkylation sites (tertiary alicyclic amines) is 1. The van der Waals surface area contributed by atoms with Gasteiger partial charge in [-0.05, 0) is 19.3 Å². The van der Waals surface area contributed by atoms with Gasteiger partial charge in [0.05, 0.1) is 11.6 Å². The lowest BCUT2D eigenvalue weighted by atomic mass is 10.1. The van der Waals surface area contributed by atoms with Gasteiger partial charge in [-0.2, -0.15) is 0 Å². The van der Waals surface area contributed by atoms with Crippen LogP contribution in [0.3, 0.4) is 0 Å². The number of carbonyl (C=O) groups excluding carboxylic acids is 4. The number of rotatable bonds is 8. The normalized spacial score (nSPS) is 24.7. The summed E-state index contributed by atoms with van der Waals surface area (Å²) in [6.07, 6.45) is 6.60. The van der Waals surface area contributed by atoms with E-state index in [1.54, 1.807) is 12.3 Å². The standard InChI is InChI=1S/C19H26N6O4S/c1-2-4-15-18(28)24-13(9-30-15)17(27)23-12(7-11-8-21-10-22-11)19(29)25-6-3-5-14(25)16(20)26/h2,8,10,12-15H,1,3-7,9H2,(H2,20,26)(H,21,22)(H,23,27)(H,24,28)/t12-,13?,14-,15?/m0/s1. The fraction of sp³-hybridized carbons (Fsp3) is 0.526. The molecule has 4 amide bonds. The molecule has 2 unspecified atom stereocenters. The van der Waals surface area contributed by atoms with Gasteiger partial charge >= 0.3 is 0 Å². The molecule has 0 saturated carbocycles. The van der Waals surface area contributed by atoms with E-state index in [-0.39, 0.29) is 23.5 Å². The lowest BCUT2D eigenvalue weighted by Gasteiger charge is -2.31. The monoisotopic (exact) mass is 434 g/mol. The minimum Gasteiger partial charge on any atom is -0.368 e. The summed E-state index contributed by atoms with van der Waals surface area (Å²) in [4.78, 5) is 58.2. The number of imidazole rings is 1. The molecule has 2 aliphatic rings. The van der Waals surface area contributed by atoms with Crippen molar-refractivity contribution < 1.29 is 19.2 Å². The van der Waals surface area contributed by atoms with Crippen LogP contribution in [0.1, 0.15) is 25.0 Å². The number of carbonyl (C=O) groups is 4. The summed E-state index contributed by atoms with van der Waals surface area (Å²) in [5, 5.41) is 5.19. The van der Waals surface area contributed by atoms with Gasteiger partial charge in [-0.25, -0.2) is 4.98 Å². The Morgan fingerprint density at radius 2 is 2.27 bits per heavy atom. The average molecular weight is 435 g/mol. The van der Waals surface area contributed by atoms with Crippen LogP contribution in [0, 0.1) is 0 Å². The summed E-state index contributed by atoms with van der Waals surface area (Å²) in [5.74, 6) is -1.21. The highest BCUT2D eigenvalue weighted by atomic mass is 32.2. The van der Waals surface area contributed by atoms with Crippen molar-refractivity contribution in [2.45, 2.75) is 49.1 Å². The number of hydrogen-bond acceptors (Lipinski definition) is 6. The van der Waals surface area contributed by atoms with Crippen molar-refractivity contribution in [1.29, 1.82) is 0 Å². The number of hydrogen-bond donors (Lipinski definition) is 4. The number of aromatic nitrogens is 2. The van der Waals surface area contributed by atoms with Gasteiger partial charge < -0.3 is 26.3 Å². The molecule has 2 aliphatic heterocycles. The zero-order valence-electron chi connectivity index (χ0n) is 16.5. The zero-order chi connectivity index (χ0) is 21.7. The van der Waals surface area contributed by atoms with Gasteiger partial charge in [0.25, 0.3) is 0 Å². The Kier molecular flexibility index (Phi) is 7.14. The number of nitrogens with one attached hydrogen (secondary N) is 3. The van der Waals surface area contributed by atoms with E-state index in [0.717, 1.165) is 0 Å². The highest BCUT2D eigenvalue weighted by molar-refractivity contribution is 8.00. The highest BCUT2D eigenvalue weighted by Gasteiger charge is 2.38. The fourth-order valence-corrected chi connectivity index (χ4v) is 4.83. The number of primary amides is 1. The fourth-order valence-electron chi connectivity index (χ4n) is 3.68. The smallest absolute Gasteiger partial charge is 0.246 e. The van der Waals surface area contributed by atoms with E-state index < -0.39 is 29.9 Å². The predicted octanol–water partition coefficient (Wildman–Crippen LogP) is -0.910. The highest BCUT2D eigenvalue weighted by Crippen LogP contribution is 2.22. The number of thioether (sulfide) groups is 1. The molecule has 11 heteroatoms. The summed E-state index contributed by atoms with van der Waals surface area (Å²) in [6.45, 7) is 4.04. The minimum absolute atomic E-state index is 0.180. The molecule has 1 aromatic rings. The predicted molar refractivity (Wildman–Crippen MR) is 111 cm³/mol. The second kappa shape index (κ2) is 9.79. The van der Waals surface area contributed by atoms with Crippen LogP contribution >= 0.6 is 11.8 Å². The summed E-state index contributed by atoms with van der Waals surface area (Å²) in [7, 11) is 0. The molecule has 0 spiro atoms. The van der Waals surface area contributed by atoms with E-state index in [0.29, 0.717) is 37.3 Å². The van der Waals surface area contributed by atoms with Crippen LogP contribution in [0.4, 0.5) is 0 Å². The van der Waals surface area contributed by atoms with Crippen molar-refractivity contribution in [3.8, 4) is 0 Å². The van der Waals surface area contributed by atoms with Gasteiger partial charge in [0.2, 0.25) is 23.6 Å². The summed E-state index contributed by atoms with van der Waals surface area (Å²) in [6, 6.07) is -2.33. The maximum absolute atomic E-state index is 13.2. The topological polar surface area (TPSA) is 150 Å². The molecule has 10 nitrogen and oxygen atoms in total. The maximum Gasteiger partial charge on any atom is 0.246 e. The molecule has 1 aromatic heterocycles. The summed E-state index contributed by atoms with van der Waals surface area (Å²) >= 11 is 1.39. The molecular weight excluding hydrogens is 408 g/mol. The SMILES string of the molecule is C=CCC1SCC(C(=O)N[C@@H](Cc2cnc[nH]2)C(=O)N2CCC[C@H]2C(N)=O)NC1=O. The lowest BCUT2D eigenvalue weighted by Crippen LogP contribution is -2.59. The van der Waals surface area contributed by atoms with Crippen LogP contribution in [0.2, 0.25) is 0 Å². The molecule has 162 valence electrons. The van der Waals surface area contributed by atoms with Crippen LogP contribution in [0.15, 0.2) is 25.2 Å². The van der Waals surface area contributed by atoms with Crippen molar-refractivity contribution in [2.24, 2.45) is 5.73 Å². The minimum atomic E-state index is -0.911. The van der Waals surface area contributed by atoms with Crippen LogP contribution in [-0.2, 0) is 25.6 Å². The number of H-pyrrole nitrogens is 1. The average Bonchev–Trinajstić information content (AvgIpc) is 3.40. The third-order valence-corrected chi connectivity index (χ3v) is 6.56. The van der Waals surface area contributed by atoms with Crippen LogP contribution in [-0.4, -0.2) is 74.2 Å². The first-order valence-electron chi connectivity index (χ1n) is 9.81. The van der Waals surface area contributed by atoms with E-state index in [2.05, 4.69) is 27.2 Å². The second-order valence-electron chi connectivity index (χ2n) is 7.34. The molecule has 2 fully saturated rings. The second-order valence-corrected chi connectivity index (χ2v) is 8.58. The third-order valence-electron chi connectivity index (χ3n) is 5.23. The van der Waals surface area contributed by atoms with Crippen molar-refractivity contribution in [3.63, 3.8) is 0 Å². The molecule has 0 aromatic carbocycles. The van der Waals surface area contributed by atoms with Gasteiger partial charge in [0, 0.05) is 30.6 Å². The summed E-state index contributed by atoms with van der Waals surface area (Å²) in [5.41, 5.74) is 6.10. The molecule has 30 heavy (non-hydrogen) atoms. The zero-order valence-corrected chi connectivity index (χ0v) is 17.3. The van der Waals surface area contributed by atoms with E-state index in [4.69, 9.17) is 5.73 Å². The number of amides is 4. The molecule has 0 radical (unpaired) electrons. The number of aromatic amines is 1. The van der Waals surface area contributed by atoms with E-state index >= 15 is 0 Å². The van der Waals surface area contributed by atoms with Gasteiger partial charge in [-0.3, -0.25) is 19.2 Å². The Balaban J connectivity index is 1.70. The molecule has 3 rings (SSSR count).